The quantitative estimate of drug-likeness (QED) is 0.461. The molecule has 0 saturated carbocycles. The Kier molecular flexibility index (Phi) is 5.27. The van der Waals surface area contributed by atoms with Gasteiger partial charge in [-0.15, -0.1) is 0 Å². The van der Waals surface area contributed by atoms with Gasteiger partial charge in [-0.3, -0.25) is 4.79 Å². The van der Waals surface area contributed by atoms with Gasteiger partial charge in [0.2, 0.25) is 0 Å². The molecule has 2 aromatic heterocycles. The molecule has 0 aliphatic carbocycles. The van der Waals surface area contributed by atoms with Crippen LogP contribution in [0.15, 0.2) is 57.5 Å². The van der Waals surface area contributed by atoms with Gasteiger partial charge in [0.1, 0.15) is 28.6 Å². The van der Waals surface area contributed by atoms with E-state index in [2.05, 4.69) is 10.5 Å². The number of nitrogens with one attached hydrogen (secondary N) is 1. The highest BCUT2D eigenvalue weighted by atomic mass is 19.1. The number of fused-ring (bicyclic) bond motifs is 1. The number of halogens is 1. The van der Waals surface area contributed by atoms with Gasteiger partial charge in [0.05, 0.1) is 12.6 Å². The summed E-state index contributed by atoms with van der Waals surface area (Å²) in [6.45, 7) is 5.93. The predicted molar refractivity (Wildman–Crippen MR) is 110 cm³/mol. The molecule has 0 aliphatic rings. The first kappa shape index (κ1) is 19.7. The van der Waals surface area contributed by atoms with E-state index in [1.165, 1.54) is 12.1 Å². The molecule has 30 heavy (non-hydrogen) atoms. The summed E-state index contributed by atoms with van der Waals surface area (Å²) in [7, 11) is 0. The lowest BCUT2D eigenvalue weighted by molar-refractivity contribution is 0.0934. The van der Waals surface area contributed by atoms with Gasteiger partial charge in [-0.2, -0.15) is 0 Å². The van der Waals surface area contributed by atoms with Crippen LogP contribution in [-0.4, -0.2) is 17.7 Å². The van der Waals surface area contributed by atoms with Crippen LogP contribution >= 0.6 is 0 Å². The van der Waals surface area contributed by atoms with Gasteiger partial charge in [0, 0.05) is 10.9 Å². The third-order valence-corrected chi connectivity index (χ3v) is 4.81. The van der Waals surface area contributed by atoms with Gasteiger partial charge in [-0.25, -0.2) is 4.39 Å². The van der Waals surface area contributed by atoms with E-state index in [4.69, 9.17) is 13.7 Å². The summed E-state index contributed by atoms with van der Waals surface area (Å²) in [6.07, 6.45) is 0. The van der Waals surface area contributed by atoms with Crippen LogP contribution in [0, 0.1) is 12.7 Å². The van der Waals surface area contributed by atoms with Crippen LogP contribution in [0.25, 0.3) is 22.2 Å². The molecule has 6 nitrogen and oxygen atoms in total. The van der Waals surface area contributed by atoms with E-state index in [1.807, 2.05) is 38.1 Å². The number of hydrogen-bond acceptors (Lipinski definition) is 5. The second kappa shape index (κ2) is 8.02. The minimum Gasteiger partial charge on any atom is -0.490 e. The Bertz CT molecular complexity index is 1190. The molecular formula is C23H21FN2O4. The number of aryl methyl sites for hydroxylation is 1. The van der Waals surface area contributed by atoms with E-state index in [-0.39, 0.29) is 11.7 Å². The van der Waals surface area contributed by atoms with Crippen molar-refractivity contribution >= 4 is 16.9 Å². The number of ether oxygens (including phenoxy) is 1. The Morgan fingerprint density at radius 2 is 2.00 bits per heavy atom. The van der Waals surface area contributed by atoms with E-state index < -0.39 is 6.04 Å². The number of nitrogens with zero attached hydrogens (tertiary/aromatic N) is 1. The fourth-order valence-corrected chi connectivity index (χ4v) is 3.32. The molecule has 154 valence electrons. The first-order valence-electron chi connectivity index (χ1n) is 9.66. The lowest BCUT2D eigenvalue weighted by Crippen LogP contribution is -2.27. The first-order chi connectivity index (χ1) is 14.5. The molecule has 2 aromatic carbocycles. The second-order valence-electron chi connectivity index (χ2n) is 6.92. The number of furan rings is 1. The summed E-state index contributed by atoms with van der Waals surface area (Å²) >= 11 is 0. The minimum absolute atomic E-state index is 0.305. The van der Waals surface area contributed by atoms with Gasteiger partial charge < -0.3 is 19.0 Å². The van der Waals surface area contributed by atoms with E-state index in [0.29, 0.717) is 46.3 Å². The average molecular weight is 408 g/mol. The number of benzene rings is 2. The fourth-order valence-electron chi connectivity index (χ4n) is 3.32. The summed E-state index contributed by atoms with van der Waals surface area (Å²) in [5.41, 5.74) is 1.90. The minimum atomic E-state index is -0.408. The van der Waals surface area contributed by atoms with Crippen molar-refractivity contribution in [1.29, 1.82) is 0 Å². The highest BCUT2D eigenvalue weighted by Gasteiger charge is 2.24. The van der Waals surface area contributed by atoms with Gasteiger partial charge in [0.15, 0.2) is 11.3 Å². The summed E-state index contributed by atoms with van der Waals surface area (Å²) in [5, 5.41) is 7.80. The first-order valence-corrected chi connectivity index (χ1v) is 9.66. The molecule has 4 rings (SSSR count). The molecule has 0 spiro atoms. The van der Waals surface area contributed by atoms with Crippen molar-refractivity contribution in [2.75, 3.05) is 6.61 Å². The second-order valence-corrected chi connectivity index (χ2v) is 6.92. The third-order valence-electron chi connectivity index (χ3n) is 4.81. The molecular weight excluding hydrogens is 387 g/mol. The van der Waals surface area contributed by atoms with Gasteiger partial charge in [-0.1, -0.05) is 17.3 Å². The molecule has 0 saturated heterocycles. The van der Waals surface area contributed by atoms with Crippen LogP contribution in [0.1, 0.15) is 41.8 Å². The van der Waals surface area contributed by atoms with Gasteiger partial charge in [0.25, 0.3) is 5.91 Å². The van der Waals surface area contributed by atoms with Crippen molar-refractivity contribution in [2.24, 2.45) is 0 Å². The Balaban J connectivity index is 1.60. The van der Waals surface area contributed by atoms with E-state index in [1.54, 1.807) is 19.1 Å². The Morgan fingerprint density at radius 3 is 2.73 bits per heavy atom. The zero-order valence-corrected chi connectivity index (χ0v) is 16.9. The zero-order chi connectivity index (χ0) is 21.3. The largest absolute Gasteiger partial charge is 0.490 e. The fraction of sp³-hybridized carbons (Fsp3) is 0.217. The predicted octanol–water partition coefficient (Wildman–Crippen LogP) is 5.43. The normalized spacial score (nSPS) is 12.1. The summed E-state index contributed by atoms with van der Waals surface area (Å²) in [4.78, 5) is 13.0. The lowest BCUT2D eigenvalue weighted by atomic mass is 10.1. The number of hydrogen-bond donors (Lipinski definition) is 1. The van der Waals surface area contributed by atoms with Gasteiger partial charge in [-0.05, 0) is 57.2 Å². The van der Waals surface area contributed by atoms with Crippen molar-refractivity contribution in [3.63, 3.8) is 0 Å². The maximum atomic E-state index is 13.2. The molecule has 0 aliphatic heterocycles. The highest BCUT2D eigenvalue weighted by molar-refractivity contribution is 6.01. The summed E-state index contributed by atoms with van der Waals surface area (Å²) in [6, 6.07) is 12.9. The third kappa shape index (κ3) is 3.66. The summed E-state index contributed by atoms with van der Waals surface area (Å²) in [5.74, 6) is 0.916. The molecule has 0 fully saturated rings. The van der Waals surface area contributed by atoms with E-state index >= 15 is 0 Å². The van der Waals surface area contributed by atoms with Crippen LogP contribution in [0.5, 0.6) is 5.75 Å². The Morgan fingerprint density at radius 1 is 1.23 bits per heavy atom. The Hall–Kier alpha value is -3.61. The molecule has 0 bridgehead atoms. The molecule has 2 heterocycles. The van der Waals surface area contributed by atoms with Crippen LogP contribution in [0.4, 0.5) is 4.39 Å². The van der Waals surface area contributed by atoms with Crippen molar-refractivity contribution in [2.45, 2.75) is 26.8 Å². The molecule has 1 amide bonds. The average Bonchev–Trinajstić information content (AvgIpc) is 3.33. The molecule has 1 N–H and O–H groups in total. The number of carbonyl (C=O) groups is 1. The van der Waals surface area contributed by atoms with Gasteiger partial charge >= 0.3 is 0 Å². The summed E-state index contributed by atoms with van der Waals surface area (Å²) < 4.78 is 30.1. The molecule has 1 unspecified atom stereocenters. The smallest absolute Gasteiger partial charge is 0.257 e. The standard InChI is InChI=1S/C23H21FN2O4/c1-4-28-18-7-5-6-16-12-19(29-22(16)18)13(2)25-23(27)20-14(3)30-26-21(20)15-8-10-17(24)11-9-15/h5-13H,4H2,1-3H3,(H,25,27). The number of aromatic nitrogens is 1. The monoisotopic (exact) mass is 408 g/mol. The van der Waals surface area contributed by atoms with Crippen LogP contribution in [0.3, 0.4) is 0 Å². The molecule has 4 aromatic rings. The number of amides is 1. The van der Waals surface area contributed by atoms with Crippen LogP contribution in [-0.2, 0) is 0 Å². The topological polar surface area (TPSA) is 77.5 Å². The van der Waals surface area contributed by atoms with Crippen LogP contribution in [0.2, 0.25) is 0 Å². The SMILES string of the molecule is CCOc1cccc2cc(C(C)NC(=O)c3c(-c4ccc(F)cc4)noc3C)oc12. The highest BCUT2D eigenvalue weighted by Crippen LogP contribution is 2.32. The van der Waals surface area contributed by atoms with Crippen molar-refractivity contribution in [3.05, 3.63) is 71.4 Å². The zero-order valence-electron chi connectivity index (χ0n) is 16.9. The number of carbonyl (C=O) groups excluding carboxylic acids is 1. The molecule has 0 radical (unpaired) electrons. The maximum Gasteiger partial charge on any atom is 0.257 e. The maximum absolute atomic E-state index is 13.2. The van der Waals surface area contributed by atoms with E-state index in [0.717, 1.165) is 5.39 Å². The Labute approximate surface area is 172 Å². The number of rotatable bonds is 6. The van der Waals surface area contributed by atoms with Crippen LogP contribution < -0.4 is 10.1 Å². The van der Waals surface area contributed by atoms with Crippen molar-refractivity contribution < 1.29 is 22.9 Å². The molecule has 1 atom stereocenters. The number of para-hydroxylation sites is 1. The lowest BCUT2D eigenvalue weighted by Gasteiger charge is -2.11. The van der Waals surface area contributed by atoms with Crippen molar-refractivity contribution in [3.8, 4) is 17.0 Å². The van der Waals surface area contributed by atoms with Crippen molar-refractivity contribution in [1.82, 2.24) is 10.5 Å². The molecule has 7 heteroatoms. The van der Waals surface area contributed by atoms with E-state index in [9.17, 15) is 9.18 Å².